The quantitative estimate of drug-likeness (QED) is 0.690. The van der Waals surface area contributed by atoms with Crippen molar-refractivity contribution in [3.8, 4) is 5.75 Å². The number of fused-ring (bicyclic) bond motifs is 1. The number of carbonyl (C=O) groups is 2. The van der Waals surface area contributed by atoms with Crippen molar-refractivity contribution < 1.29 is 22.7 Å². The fourth-order valence-corrected chi connectivity index (χ4v) is 4.37. The number of anilines is 2. The topological polar surface area (TPSA) is 114 Å². The van der Waals surface area contributed by atoms with Crippen molar-refractivity contribution in [3.63, 3.8) is 0 Å². The lowest BCUT2D eigenvalue weighted by Crippen LogP contribution is -2.34. The summed E-state index contributed by atoms with van der Waals surface area (Å²) in [5, 5.41) is 7.02. The van der Waals surface area contributed by atoms with E-state index in [1.165, 1.54) is 6.07 Å². The lowest BCUT2D eigenvalue weighted by Gasteiger charge is -2.23. The first-order valence-electron chi connectivity index (χ1n) is 7.80. The van der Waals surface area contributed by atoms with Crippen LogP contribution in [0.5, 0.6) is 5.75 Å². The molecule has 2 aromatic rings. The molecular weight excluding hydrogens is 378 g/mol. The van der Waals surface area contributed by atoms with Crippen molar-refractivity contribution in [3.05, 3.63) is 35.7 Å². The molecule has 2 amide bonds. The van der Waals surface area contributed by atoms with Gasteiger partial charge in [-0.2, -0.15) is 0 Å². The Bertz CT molecular complexity index is 925. The molecule has 0 fully saturated rings. The van der Waals surface area contributed by atoms with Crippen molar-refractivity contribution in [1.82, 2.24) is 4.72 Å². The molecule has 3 N–H and O–H groups in total. The minimum atomic E-state index is -3.58. The van der Waals surface area contributed by atoms with Gasteiger partial charge in [0.25, 0.3) is 5.91 Å². The molecule has 0 aliphatic carbocycles. The zero-order valence-corrected chi connectivity index (χ0v) is 15.4. The van der Waals surface area contributed by atoms with Gasteiger partial charge in [0, 0.05) is 18.7 Å². The van der Waals surface area contributed by atoms with E-state index in [0.717, 1.165) is 11.3 Å². The van der Waals surface area contributed by atoms with E-state index in [-0.39, 0.29) is 29.0 Å². The minimum absolute atomic E-state index is 0.0195. The number of hydrogen-bond donors (Lipinski definition) is 3. The summed E-state index contributed by atoms with van der Waals surface area (Å²) in [4.78, 5) is 23.6. The van der Waals surface area contributed by atoms with Crippen LogP contribution in [-0.4, -0.2) is 32.9 Å². The Morgan fingerprint density at radius 1 is 1.35 bits per heavy atom. The van der Waals surface area contributed by atoms with Crippen molar-refractivity contribution in [2.45, 2.75) is 23.7 Å². The zero-order valence-electron chi connectivity index (χ0n) is 13.8. The Hall–Kier alpha value is -2.43. The predicted octanol–water partition coefficient (Wildman–Crippen LogP) is 1.77. The molecule has 138 valence electrons. The largest absolute Gasteiger partial charge is 0.479 e. The van der Waals surface area contributed by atoms with Crippen molar-refractivity contribution >= 4 is 44.5 Å². The number of amides is 2. The van der Waals surface area contributed by atoms with Gasteiger partial charge < -0.3 is 15.4 Å². The molecule has 0 saturated carbocycles. The molecule has 26 heavy (non-hydrogen) atoms. The van der Waals surface area contributed by atoms with Gasteiger partial charge in [0.1, 0.15) is 9.96 Å². The van der Waals surface area contributed by atoms with E-state index in [4.69, 9.17) is 4.74 Å². The van der Waals surface area contributed by atoms with Crippen LogP contribution in [0.1, 0.15) is 13.3 Å². The number of rotatable bonds is 6. The van der Waals surface area contributed by atoms with Gasteiger partial charge >= 0.3 is 0 Å². The molecule has 2 heterocycles. The molecule has 1 aliphatic heterocycles. The lowest BCUT2D eigenvalue weighted by molar-refractivity contribution is -0.122. The van der Waals surface area contributed by atoms with Gasteiger partial charge in [-0.05, 0) is 36.6 Å². The summed E-state index contributed by atoms with van der Waals surface area (Å²) in [6.07, 6.45) is -0.596. The fraction of sp³-hybridized carbons (Fsp3) is 0.250. The summed E-state index contributed by atoms with van der Waals surface area (Å²) in [5.41, 5.74) is 0.956. The third-order valence-corrected chi connectivity index (χ3v) is 6.46. The van der Waals surface area contributed by atoms with Crippen molar-refractivity contribution in [1.29, 1.82) is 0 Å². The smallest absolute Gasteiger partial charge is 0.265 e. The number of nitrogens with one attached hydrogen (secondary N) is 3. The maximum atomic E-state index is 12.0. The highest BCUT2D eigenvalue weighted by molar-refractivity contribution is 7.91. The first-order chi connectivity index (χ1) is 12.3. The van der Waals surface area contributed by atoms with Gasteiger partial charge in [0.2, 0.25) is 15.9 Å². The van der Waals surface area contributed by atoms with Crippen LogP contribution in [0.25, 0.3) is 0 Å². The van der Waals surface area contributed by atoms with Gasteiger partial charge in [-0.25, -0.2) is 13.1 Å². The van der Waals surface area contributed by atoms with Crippen LogP contribution >= 0.6 is 11.3 Å². The summed E-state index contributed by atoms with van der Waals surface area (Å²) < 4.78 is 32.0. The predicted molar refractivity (Wildman–Crippen MR) is 97.9 cm³/mol. The van der Waals surface area contributed by atoms with Gasteiger partial charge in [-0.1, -0.05) is 6.07 Å². The van der Waals surface area contributed by atoms with Crippen LogP contribution in [0, 0.1) is 0 Å². The summed E-state index contributed by atoms with van der Waals surface area (Å²) in [6, 6.07) is 8.03. The fourth-order valence-electron chi connectivity index (χ4n) is 2.30. The number of thiophene rings is 1. The van der Waals surface area contributed by atoms with Crippen molar-refractivity contribution in [2.75, 3.05) is 17.2 Å². The second-order valence-corrected chi connectivity index (χ2v) is 8.53. The van der Waals surface area contributed by atoms with E-state index in [2.05, 4.69) is 15.4 Å². The van der Waals surface area contributed by atoms with E-state index in [1.807, 2.05) is 0 Å². The van der Waals surface area contributed by atoms with Gasteiger partial charge in [0.15, 0.2) is 6.10 Å². The molecule has 1 aliphatic rings. The SMILES string of the molecule is CC1Oc2ccc(NC(=O)CCNS(=O)(=O)c3cccs3)cc2NC1=O. The Morgan fingerprint density at radius 3 is 2.88 bits per heavy atom. The molecule has 0 spiro atoms. The second kappa shape index (κ2) is 7.44. The minimum Gasteiger partial charge on any atom is -0.479 e. The highest BCUT2D eigenvalue weighted by atomic mass is 32.2. The Balaban J connectivity index is 1.54. The maximum absolute atomic E-state index is 12.0. The summed E-state index contributed by atoms with van der Waals surface area (Å²) in [6.45, 7) is 1.62. The van der Waals surface area contributed by atoms with Gasteiger partial charge in [-0.3, -0.25) is 9.59 Å². The average Bonchev–Trinajstić information content (AvgIpc) is 3.11. The molecule has 10 heteroatoms. The van der Waals surface area contributed by atoms with Crippen molar-refractivity contribution in [2.24, 2.45) is 0 Å². The van der Waals surface area contributed by atoms with E-state index in [0.29, 0.717) is 17.1 Å². The third-order valence-electron chi connectivity index (χ3n) is 3.60. The average molecular weight is 395 g/mol. The molecule has 3 rings (SSSR count). The Labute approximate surface area is 154 Å². The van der Waals surface area contributed by atoms with E-state index in [1.54, 1.807) is 36.6 Å². The molecular formula is C16H17N3O5S2. The van der Waals surface area contributed by atoms with Crippen LogP contribution in [-0.2, 0) is 19.6 Å². The lowest BCUT2D eigenvalue weighted by atomic mass is 10.2. The molecule has 8 nitrogen and oxygen atoms in total. The van der Waals surface area contributed by atoms with E-state index >= 15 is 0 Å². The van der Waals surface area contributed by atoms with E-state index in [9.17, 15) is 18.0 Å². The number of sulfonamides is 1. The van der Waals surface area contributed by atoms with Gasteiger partial charge in [-0.15, -0.1) is 11.3 Å². The van der Waals surface area contributed by atoms with Crippen LogP contribution in [0.3, 0.4) is 0 Å². The van der Waals surface area contributed by atoms with Gasteiger partial charge in [0.05, 0.1) is 5.69 Å². The molecule has 0 radical (unpaired) electrons. The number of carbonyl (C=O) groups excluding carboxylic acids is 2. The Morgan fingerprint density at radius 2 is 2.15 bits per heavy atom. The number of hydrogen-bond acceptors (Lipinski definition) is 6. The normalized spacial score (nSPS) is 16.3. The molecule has 1 aromatic heterocycles. The van der Waals surface area contributed by atoms with Crippen LogP contribution < -0.4 is 20.1 Å². The molecule has 1 unspecified atom stereocenters. The molecule has 0 bridgehead atoms. The third kappa shape index (κ3) is 4.21. The zero-order chi connectivity index (χ0) is 18.7. The summed E-state index contributed by atoms with van der Waals surface area (Å²) in [7, 11) is -3.58. The first-order valence-corrected chi connectivity index (χ1v) is 10.2. The number of benzene rings is 1. The first kappa shape index (κ1) is 18.4. The van der Waals surface area contributed by atoms with Crippen LogP contribution in [0.4, 0.5) is 11.4 Å². The molecule has 1 atom stereocenters. The maximum Gasteiger partial charge on any atom is 0.265 e. The monoisotopic (exact) mass is 395 g/mol. The molecule has 0 saturated heterocycles. The summed E-state index contributed by atoms with van der Waals surface area (Å²) in [5.74, 6) is -0.0852. The Kier molecular flexibility index (Phi) is 5.25. The standard InChI is InChI=1S/C16H17N3O5S2/c1-10-16(21)19-12-9-11(4-5-13(12)24-10)18-14(20)6-7-17-26(22,23)15-3-2-8-25-15/h2-5,8-10,17H,6-7H2,1H3,(H,18,20)(H,19,21). The van der Waals surface area contributed by atoms with Crippen LogP contribution in [0.2, 0.25) is 0 Å². The second-order valence-electron chi connectivity index (χ2n) is 5.59. The summed E-state index contributed by atoms with van der Waals surface area (Å²) >= 11 is 1.11. The highest BCUT2D eigenvalue weighted by Crippen LogP contribution is 2.32. The van der Waals surface area contributed by atoms with Crippen LogP contribution in [0.15, 0.2) is 39.9 Å². The van der Waals surface area contributed by atoms with E-state index < -0.39 is 16.1 Å². The highest BCUT2D eigenvalue weighted by Gasteiger charge is 2.23. The molecule has 1 aromatic carbocycles. The number of ether oxygens (including phenoxy) is 1.